The molecular weight excluding hydrogens is 230 g/mol. The van der Waals surface area contributed by atoms with Gasteiger partial charge in [0.2, 0.25) is 0 Å². The smallest absolute Gasteiger partial charge is 0.0184 e. The molecule has 98 valence electrons. The summed E-state index contributed by atoms with van der Waals surface area (Å²) in [5.41, 5.74) is 1.82. The molecular formula is C15H26ClN. The fourth-order valence-corrected chi connectivity index (χ4v) is 2.10. The zero-order chi connectivity index (χ0) is 13.1. The SMILES string of the molecule is CC(CCN(C)C(C)(C)C)C1=CC=C(Cl)CC1. The highest BCUT2D eigenvalue weighted by atomic mass is 35.5. The first-order chi connectivity index (χ1) is 7.80. The van der Waals surface area contributed by atoms with Crippen molar-refractivity contribution in [1.82, 2.24) is 4.90 Å². The maximum absolute atomic E-state index is 5.98. The van der Waals surface area contributed by atoms with Crippen LogP contribution in [-0.4, -0.2) is 24.0 Å². The van der Waals surface area contributed by atoms with Gasteiger partial charge in [0.25, 0.3) is 0 Å². The third-order valence-electron chi connectivity index (χ3n) is 3.81. The van der Waals surface area contributed by atoms with Gasteiger partial charge in [0.15, 0.2) is 0 Å². The summed E-state index contributed by atoms with van der Waals surface area (Å²) in [6.45, 7) is 10.3. The van der Waals surface area contributed by atoms with Crippen LogP contribution in [0.3, 0.4) is 0 Å². The number of hydrogen-bond acceptors (Lipinski definition) is 1. The Bertz CT molecular complexity index is 309. The van der Waals surface area contributed by atoms with Crippen LogP contribution in [0.5, 0.6) is 0 Å². The van der Waals surface area contributed by atoms with E-state index in [4.69, 9.17) is 11.6 Å². The predicted octanol–water partition coefficient (Wildman–Crippen LogP) is 4.59. The third-order valence-corrected chi connectivity index (χ3v) is 4.12. The predicted molar refractivity (Wildman–Crippen MR) is 77.4 cm³/mol. The molecule has 17 heavy (non-hydrogen) atoms. The molecule has 0 aromatic carbocycles. The molecule has 0 heterocycles. The largest absolute Gasteiger partial charge is 0.301 e. The number of allylic oxidation sites excluding steroid dienone is 4. The van der Waals surface area contributed by atoms with E-state index in [0.29, 0.717) is 5.92 Å². The summed E-state index contributed by atoms with van der Waals surface area (Å²) in [6, 6.07) is 0. The Kier molecular flexibility index (Phi) is 5.27. The van der Waals surface area contributed by atoms with Crippen LogP contribution >= 0.6 is 11.6 Å². The lowest BCUT2D eigenvalue weighted by Gasteiger charge is -2.33. The van der Waals surface area contributed by atoms with E-state index >= 15 is 0 Å². The van der Waals surface area contributed by atoms with Gasteiger partial charge in [0, 0.05) is 10.6 Å². The summed E-state index contributed by atoms with van der Waals surface area (Å²) < 4.78 is 0. The molecule has 1 unspecified atom stereocenters. The average Bonchev–Trinajstić information content (AvgIpc) is 2.25. The van der Waals surface area contributed by atoms with E-state index in [-0.39, 0.29) is 5.54 Å². The molecule has 1 nitrogen and oxygen atoms in total. The summed E-state index contributed by atoms with van der Waals surface area (Å²) >= 11 is 5.98. The van der Waals surface area contributed by atoms with E-state index in [0.717, 1.165) is 24.4 Å². The van der Waals surface area contributed by atoms with Gasteiger partial charge in [-0.3, -0.25) is 0 Å². The number of rotatable bonds is 4. The Labute approximate surface area is 112 Å². The molecule has 1 rings (SSSR count). The van der Waals surface area contributed by atoms with Crippen molar-refractivity contribution in [3.63, 3.8) is 0 Å². The van der Waals surface area contributed by atoms with Crippen LogP contribution in [0.15, 0.2) is 22.8 Å². The second-order valence-electron chi connectivity index (χ2n) is 6.14. The highest BCUT2D eigenvalue weighted by Crippen LogP contribution is 2.28. The Hall–Kier alpha value is -0.270. The van der Waals surface area contributed by atoms with Crippen LogP contribution in [0.1, 0.15) is 47.0 Å². The van der Waals surface area contributed by atoms with Crippen LogP contribution in [0, 0.1) is 5.92 Å². The lowest BCUT2D eigenvalue weighted by atomic mass is 9.90. The lowest BCUT2D eigenvalue weighted by Crippen LogP contribution is -2.39. The highest BCUT2D eigenvalue weighted by Gasteiger charge is 2.18. The van der Waals surface area contributed by atoms with Crippen molar-refractivity contribution in [3.05, 3.63) is 22.8 Å². The van der Waals surface area contributed by atoms with Crippen molar-refractivity contribution in [2.75, 3.05) is 13.6 Å². The molecule has 0 aromatic rings. The third kappa shape index (κ3) is 4.85. The van der Waals surface area contributed by atoms with Crippen molar-refractivity contribution in [2.24, 2.45) is 5.92 Å². The van der Waals surface area contributed by atoms with E-state index in [9.17, 15) is 0 Å². The van der Waals surface area contributed by atoms with Crippen LogP contribution < -0.4 is 0 Å². The standard InChI is InChI=1S/C15H26ClN/c1-12(10-11-17(5)15(2,3)4)13-6-8-14(16)9-7-13/h6,8,12H,7,9-11H2,1-5H3. The van der Waals surface area contributed by atoms with Crippen molar-refractivity contribution in [1.29, 1.82) is 0 Å². The first-order valence-electron chi connectivity index (χ1n) is 6.57. The van der Waals surface area contributed by atoms with Gasteiger partial charge in [-0.15, -0.1) is 0 Å². The van der Waals surface area contributed by atoms with Gasteiger partial charge in [-0.1, -0.05) is 30.2 Å². The topological polar surface area (TPSA) is 3.24 Å². The Balaban J connectivity index is 2.43. The molecule has 1 aliphatic rings. The molecule has 0 fully saturated rings. The number of nitrogens with zero attached hydrogens (tertiary/aromatic N) is 1. The molecule has 0 amide bonds. The molecule has 0 saturated heterocycles. The molecule has 0 saturated carbocycles. The molecule has 1 aliphatic carbocycles. The molecule has 2 heteroatoms. The van der Waals surface area contributed by atoms with Crippen molar-refractivity contribution >= 4 is 11.6 Å². The van der Waals surface area contributed by atoms with E-state index in [1.807, 2.05) is 0 Å². The quantitative estimate of drug-likeness (QED) is 0.711. The van der Waals surface area contributed by atoms with E-state index < -0.39 is 0 Å². The van der Waals surface area contributed by atoms with Gasteiger partial charge in [-0.25, -0.2) is 0 Å². The van der Waals surface area contributed by atoms with Gasteiger partial charge >= 0.3 is 0 Å². The Morgan fingerprint density at radius 3 is 2.41 bits per heavy atom. The van der Waals surface area contributed by atoms with Gasteiger partial charge in [0.1, 0.15) is 0 Å². The first kappa shape index (κ1) is 14.8. The lowest BCUT2D eigenvalue weighted by molar-refractivity contribution is 0.168. The molecule has 0 bridgehead atoms. The minimum Gasteiger partial charge on any atom is -0.301 e. The average molecular weight is 256 g/mol. The Morgan fingerprint density at radius 2 is 1.94 bits per heavy atom. The first-order valence-corrected chi connectivity index (χ1v) is 6.95. The maximum Gasteiger partial charge on any atom is 0.0184 e. The number of hydrogen-bond donors (Lipinski definition) is 0. The van der Waals surface area contributed by atoms with Crippen LogP contribution in [-0.2, 0) is 0 Å². The normalized spacial score (nSPS) is 19.0. The second kappa shape index (κ2) is 6.06. The van der Waals surface area contributed by atoms with E-state index in [1.54, 1.807) is 5.57 Å². The Morgan fingerprint density at radius 1 is 1.29 bits per heavy atom. The van der Waals surface area contributed by atoms with E-state index in [2.05, 4.69) is 51.8 Å². The molecule has 0 aliphatic heterocycles. The van der Waals surface area contributed by atoms with Crippen molar-refractivity contribution < 1.29 is 0 Å². The van der Waals surface area contributed by atoms with E-state index in [1.165, 1.54) is 6.42 Å². The van der Waals surface area contributed by atoms with Crippen molar-refractivity contribution in [3.8, 4) is 0 Å². The van der Waals surface area contributed by atoms with Gasteiger partial charge in [0.05, 0.1) is 0 Å². The molecule has 0 spiro atoms. The fourth-order valence-electron chi connectivity index (χ4n) is 1.95. The van der Waals surface area contributed by atoms with Crippen LogP contribution in [0.2, 0.25) is 0 Å². The van der Waals surface area contributed by atoms with Crippen molar-refractivity contribution in [2.45, 2.75) is 52.5 Å². The monoisotopic (exact) mass is 255 g/mol. The summed E-state index contributed by atoms with van der Waals surface area (Å²) in [5, 5.41) is 0.993. The zero-order valence-electron chi connectivity index (χ0n) is 11.9. The number of halogens is 1. The summed E-state index contributed by atoms with van der Waals surface area (Å²) in [6.07, 6.45) is 7.66. The second-order valence-corrected chi connectivity index (χ2v) is 6.62. The van der Waals surface area contributed by atoms with Gasteiger partial charge in [-0.2, -0.15) is 0 Å². The summed E-state index contributed by atoms with van der Waals surface area (Å²) in [5.74, 6) is 0.667. The molecule has 0 radical (unpaired) electrons. The molecule has 0 N–H and O–H groups in total. The highest BCUT2D eigenvalue weighted by molar-refractivity contribution is 6.29. The fraction of sp³-hybridized carbons (Fsp3) is 0.733. The van der Waals surface area contributed by atoms with Crippen LogP contribution in [0.4, 0.5) is 0 Å². The zero-order valence-corrected chi connectivity index (χ0v) is 12.6. The minimum atomic E-state index is 0.268. The minimum absolute atomic E-state index is 0.268. The summed E-state index contributed by atoms with van der Waals surface area (Å²) in [7, 11) is 2.21. The van der Waals surface area contributed by atoms with Gasteiger partial charge < -0.3 is 4.90 Å². The molecule has 0 aromatic heterocycles. The summed E-state index contributed by atoms with van der Waals surface area (Å²) in [4.78, 5) is 2.43. The maximum atomic E-state index is 5.98. The molecule has 1 atom stereocenters. The van der Waals surface area contributed by atoms with Gasteiger partial charge in [-0.05, 0) is 65.6 Å². The van der Waals surface area contributed by atoms with Crippen LogP contribution in [0.25, 0.3) is 0 Å².